The molecule has 2 unspecified atom stereocenters. The second-order valence-corrected chi connectivity index (χ2v) is 13.2. The van der Waals surface area contributed by atoms with E-state index in [1.54, 1.807) is 6.07 Å². The van der Waals surface area contributed by atoms with Gasteiger partial charge in [0.05, 0.1) is 24.2 Å². The summed E-state index contributed by atoms with van der Waals surface area (Å²) in [5.74, 6) is -0.831. The van der Waals surface area contributed by atoms with Crippen molar-refractivity contribution in [3.8, 4) is 23.2 Å². The molecule has 2 bridgehead atoms. The van der Waals surface area contributed by atoms with Gasteiger partial charge in [-0.3, -0.25) is 4.90 Å². The van der Waals surface area contributed by atoms with Crippen LogP contribution in [0.3, 0.4) is 0 Å². The van der Waals surface area contributed by atoms with Gasteiger partial charge in [-0.05, 0) is 49.6 Å². The number of likely N-dealkylation sites (N-methyl/N-ethyl adjacent to an activating group) is 1. The van der Waals surface area contributed by atoms with Gasteiger partial charge in [-0.1, -0.05) is 0 Å². The predicted octanol–water partition coefficient (Wildman–Crippen LogP) is 4.64. The summed E-state index contributed by atoms with van der Waals surface area (Å²) in [4.78, 5) is 13.6. The maximum absolute atomic E-state index is 17.2. The average Bonchev–Trinajstić information content (AvgIpc) is 3.75. The Kier molecular flexibility index (Phi) is 6.60. The van der Waals surface area contributed by atoms with Crippen molar-refractivity contribution in [3.05, 3.63) is 40.5 Å². The topological polar surface area (TPSA) is 113 Å². The summed E-state index contributed by atoms with van der Waals surface area (Å²) in [5.41, 5.74) is 7.45. The first-order chi connectivity index (χ1) is 21.3. The lowest BCUT2D eigenvalue weighted by atomic mass is 9.90. The molecule has 3 fully saturated rings. The molecule has 13 heteroatoms. The maximum atomic E-state index is 17.2. The number of anilines is 2. The number of alkyl halides is 1. The van der Waals surface area contributed by atoms with Crippen molar-refractivity contribution in [1.29, 1.82) is 5.26 Å². The molecule has 3 saturated heterocycles. The van der Waals surface area contributed by atoms with Crippen LogP contribution in [-0.4, -0.2) is 72.5 Å². The zero-order chi connectivity index (χ0) is 30.3. The van der Waals surface area contributed by atoms with Gasteiger partial charge in [0, 0.05) is 59.0 Å². The molecule has 8 rings (SSSR count). The van der Waals surface area contributed by atoms with E-state index in [2.05, 4.69) is 21.3 Å². The summed E-state index contributed by atoms with van der Waals surface area (Å²) < 4.78 is 59.7. The van der Waals surface area contributed by atoms with Gasteiger partial charge in [-0.15, -0.1) is 11.3 Å². The molecule has 9 nitrogen and oxygen atoms in total. The predicted molar refractivity (Wildman–Crippen MR) is 161 cm³/mol. The van der Waals surface area contributed by atoms with E-state index in [-0.39, 0.29) is 76.6 Å². The molecular formula is C31H30F3N7O2S. The third-order valence-electron chi connectivity index (χ3n) is 9.62. The number of nitrogens with one attached hydrogen (secondary N) is 1. The number of aromatic nitrogens is 2. The number of hydrogen-bond acceptors (Lipinski definition) is 10. The van der Waals surface area contributed by atoms with Gasteiger partial charge in [0.1, 0.15) is 41.0 Å². The number of rotatable bonds is 5. The van der Waals surface area contributed by atoms with Gasteiger partial charge in [0.25, 0.3) is 0 Å². The largest absolute Gasteiger partial charge is 0.462 e. The number of nitrogens with zero attached hydrogens (tertiary/aromatic N) is 5. The molecular weight excluding hydrogens is 591 g/mol. The Labute approximate surface area is 255 Å². The lowest BCUT2D eigenvalue weighted by Gasteiger charge is -2.37. The van der Waals surface area contributed by atoms with Gasteiger partial charge in [0.15, 0.2) is 5.82 Å². The first-order valence-corrected chi connectivity index (χ1v) is 15.7. The van der Waals surface area contributed by atoms with E-state index >= 15 is 8.78 Å². The highest BCUT2D eigenvalue weighted by Crippen LogP contribution is 2.48. The lowest BCUT2D eigenvalue weighted by Crippen LogP contribution is -2.52. The number of likely N-dealkylation sites (tertiary alicyclic amines) is 1. The number of nitrogen functional groups attached to an aromatic ring is 1. The highest BCUT2D eigenvalue weighted by molar-refractivity contribution is 7.23. The molecule has 4 aromatic rings. The lowest BCUT2D eigenvalue weighted by molar-refractivity contribution is 0.135. The van der Waals surface area contributed by atoms with Gasteiger partial charge >= 0.3 is 6.01 Å². The molecule has 0 radical (unpaired) electrons. The summed E-state index contributed by atoms with van der Waals surface area (Å²) in [6.07, 6.45) is 1.32. The second-order valence-electron chi connectivity index (χ2n) is 12.1. The van der Waals surface area contributed by atoms with Crippen molar-refractivity contribution in [2.45, 2.75) is 56.8 Å². The number of nitrogens with two attached hydrogens (primary N) is 1. The number of nitriles is 1. The average molecular weight is 622 g/mol. The molecule has 2 aromatic carbocycles. The Balaban J connectivity index is 1.38. The number of piperazine rings is 1. The van der Waals surface area contributed by atoms with Crippen LogP contribution in [0.15, 0.2) is 12.1 Å². The summed E-state index contributed by atoms with van der Waals surface area (Å²) in [5, 5.41) is 14.4. The molecule has 228 valence electrons. The highest BCUT2D eigenvalue weighted by atomic mass is 32.1. The third-order valence-corrected chi connectivity index (χ3v) is 10.6. The number of halogens is 3. The van der Waals surface area contributed by atoms with Crippen molar-refractivity contribution < 1.29 is 22.6 Å². The first-order valence-electron chi connectivity index (χ1n) is 14.8. The number of ether oxygens (including phenoxy) is 2. The van der Waals surface area contributed by atoms with E-state index in [1.165, 1.54) is 6.07 Å². The number of fused-ring (bicyclic) bond motifs is 6. The zero-order valence-electron chi connectivity index (χ0n) is 24.0. The van der Waals surface area contributed by atoms with Crippen LogP contribution in [0.4, 0.5) is 24.0 Å². The van der Waals surface area contributed by atoms with Gasteiger partial charge in [-0.2, -0.15) is 15.2 Å². The van der Waals surface area contributed by atoms with E-state index in [9.17, 15) is 9.65 Å². The van der Waals surface area contributed by atoms with E-state index in [0.717, 1.165) is 37.3 Å². The molecule has 2 aromatic heterocycles. The molecule has 4 atom stereocenters. The number of thiophene rings is 1. The van der Waals surface area contributed by atoms with Crippen molar-refractivity contribution >= 4 is 43.1 Å². The van der Waals surface area contributed by atoms with Crippen molar-refractivity contribution in [3.63, 3.8) is 0 Å². The summed E-state index contributed by atoms with van der Waals surface area (Å²) in [7, 11) is 1.84. The molecule has 4 aliphatic heterocycles. The van der Waals surface area contributed by atoms with Crippen LogP contribution in [0, 0.1) is 23.0 Å². The Morgan fingerprint density at radius 2 is 1.91 bits per heavy atom. The second kappa shape index (κ2) is 10.4. The normalized spacial score (nSPS) is 24.8. The number of benzene rings is 2. The van der Waals surface area contributed by atoms with Crippen molar-refractivity contribution in [2.75, 3.05) is 43.9 Å². The summed E-state index contributed by atoms with van der Waals surface area (Å²) >= 11 is 1.16. The quantitative estimate of drug-likeness (QED) is 0.329. The molecule has 0 saturated carbocycles. The number of hydrogen-bond donors (Lipinski definition) is 2. The molecule has 0 spiro atoms. The summed E-state index contributed by atoms with van der Waals surface area (Å²) in [6.45, 7) is 2.25. The van der Waals surface area contributed by atoms with E-state index < -0.39 is 17.8 Å². The van der Waals surface area contributed by atoms with Crippen molar-refractivity contribution in [1.82, 2.24) is 20.2 Å². The Morgan fingerprint density at radius 3 is 2.64 bits per heavy atom. The van der Waals surface area contributed by atoms with Crippen molar-refractivity contribution in [2.24, 2.45) is 0 Å². The Hall–Kier alpha value is -3.70. The van der Waals surface area contributed by atoms with Gasteiger partial charge < -0.3 is 25.4 Å². The third kappa shape index (κ3) is 4.15. The first kappa shape index (κ1) is 27.8. The minimum atomic E-state index is -0.942. The van der Waals surface area contributed by atoms with Crippen LogP contribution >= 0.6 is 11.3 Å². The fourth-order valence-electron chi connectivity index (χ4n) is 7.55. The molecule has 3 N–H and O–H groups in total. The Morgan fingerprint density at radius 1 is 1.14 bits per heavy atom. The van der Waals surface area contributed by atoms with Crippen LogP contribution in [-0.2, 0) is 18.0 Å². The monoisotopic (exact) mass is 621 g/mol. The van der Waals surface area contributed by atoms with Gasteiger partial charge in [-0.25, -0.2) is 13.2 Å². The SMILES string of the molecule is CN1C[C@H](F)C[C@H]1COc1nc(N2C3CCC2CNC3)c2c3c(c(-c4c(F)ccc5sc(N)c(C#N)c45)c(F)c2n1)COC3. The fraction of sp³-hybridized carbons (Fsp3) is 0.452. The standard InChI is InChI=1S/C31H30F3N7O2S/c1-40-10-14(32)6-17(40)11-43-31-38-28-25(30(39-31)41-15-2-3-16(41)9-37-8-15)20-13-42-12-19(20)24(27(28)34)26-21(33)4-5-22-23(26)18(7-35)29(36)44-22/h4-5,14-17,37H,2-3,6,8-13,36H2,1H3/t14-,15?,16?,17+/m1/s1. The van der Waals surface area contributed by atoms with Crippen LogP contribution in [0.25, 0.3) is 32.1 Å². The van der Waals surface area contributed by atoms with Crippen LogP contribution in [0.5, 0.6) is 6.01 Å². The molecule has 44 heavy (non-hydrogen) atoms. The zero-order valence-corrected chi connectivity index (χ0v) is 24.8. The fourth-order valence-corrected chi connectivity index (χ4v) is 8.47. The smallest absolute Gasteiger partial charge is 0.319 e. The van der Waals surface area contributed by atoms with Crippen LogP contribution < -0.4 is 20.7 Å². The maximum Gasteiger partial charge on any atom is 0.319 e. The minimum absolute atomic E-state index is 0.00318. The highest BCUT2D eigenvalue weighted by Gasteiger charge is 2.41. The van der Waals surface area contributed by atoms with E-state index in [4.69, 9.17) is 20.2 Å². The van der Waals surface area contributed by atoms with Crippen LogP contribution in [0.1, 0.15) is 36.0 Å². The molecule has 0 aliphatic carbocycles. The molecule has 0 amide bonds. The Bertz CT molecular complexity index is 1860. The van der Waals surface area contributed by atoms with Crippen LogP contribution in [0.2, 0.25) is 0 Å². The molecule has 6 heterocycles. The van der Waals surface area contributed by atoms with Gasteiger partial charge in [0.2, 0.25) is 0 Å². The summed E-state index contributed by atoms with van der Waals surface area (Å²) in [6, 6.07) is 5.05. The van der Waals surface area contributed by atoms with E-state index in [0.29, 0.717) is 40.0 Å². The van der Waals surface area contributed by atoms with E-state index in [1.807, 2.05) is 11.9 Å². The minimum Gasteiger partial charge on any atom is -0.462 e. The molecule has 4 aliphatic rings.